The molecule has 2 aromatic carbocycles. The van der Waals surface area contributed by atoms with Crippen molar-refractivity contribution in [1.82, 2.24) is 0 Å². The third-order valence-corrected chi connectivity index (χ3v) is 3.94. The second-order valence-corrected chi connectivity index (χ2v) is 5.24. The van der Waals surface area contributed by atoms with Crippen molar-refractivity contribution in [1.29, 1.82) is 5.26 Å². The Hall–Kier alpha value is -2.74. The molecule has 1 saturated heterocycles. The number of phenols is 1. The van der Waals surface area contributed by atoms with E-state index in [4.69, 9.17) is 5.26 Å². The van der Waals surface area contributed by atoms with Crippen LogP contribution in [0.4, 0.5) is 15.8 Å². The van der Waals surface area contributed by atoms with Crippen LogP contribution >= 0.6 is 0 Å². The fraction of sp³-hybridized carbons (Fsp3) is 0.235. The van der Waals surface area contributed by atoms with Crippen LogP contribution in [0.1, 0.15) is 5.56 Å². The van der Waals surface area contributed by atoms with Crippen LogP contribution in [0.2, 0.25) is 0 Å². The van der Waals surface area contributed by atoms with Crippen molar-refractivity contribution in [2.45, 2.75) is 0 Å². The smallest absolute Gasteiger partial charge is 0.143 e. The number of halogens is 1. The van der Waals surface area contributed by atoms with Crippen LogP contribution in [-0.4, -0.2) is 31.3 Å². The van der Waals surface area contributed by atoms with Crippen LogP contribution in [-0.2, 0) is 0 Å². The van der Waals surface area contributed by atoms with Crippen molar-refractivity contribution in [2.75, 3.05) is 36.0 Å². The van der Waals surface area contributed by atoms with Crippen LogP contribution in [0.5, 0.6) is 5.75 Å². The van der Waals surface area contributed by atoms with Gasteiger partial charge in [0.25, 0.3) is 0 Å². The summed E-state index contributed by atoms with van der Waals surface area (Å²) in [6, 6.07) is 13.8. The maximum Gasteiger partial charge on any atom is 0.143 e. The Morgan fingerprint density at radius 1 is 0.955 bits per heavy atom. The van der Waals surface area contributed by atoms with Crippen LogP contribution in [0.25, 0.3) is 0 Å². The summed E-state index contributed by atoms with van der Waals surface area (Å²) in [7, 11) is 0. The molecule has 5 heteroatoms. The second-order valence-electron chi connectivity index (χ2n) is 5.24. The number of hydrogen-bond donors (Lipinski definition) is 1. The second kappa shape index (κ2) is 5.94. The minimum absolute atomic E-state index is 0.112. The Balaban J connectivity index is 1.74. The lowest BCUT2D eigenvalue weighted by Crippen LogP contribution is -2.46. The summed E-state index contributed by atoms with van der Waals surface area (Å²) in [6.45, 7) is 3.01. The molecular weight excluding hydrogens is 281 g/mol. The van der Waals surface area contributed by atoms with E-state index in [1.165, 1.54) is 6.07 Å². The first-order valence-corrected chi connectivity index (χ1v) is 7.16. The van der Waals surface area contributed by atoms with Gasteiger partial charge in [0.15, 0.2) is 0 Å². The van der Waals surface area contributed by atoms with Crippen molar-refractivity contribution in [3.63, 3.8) is 0 Å². The maximum absolute atomic E-state index is 13.7. The first-order valence-electron chi connectivity index (χ1n) is 7.16. The molecule has 112 valence electrons. The molecule has 2 aromatic rings. The SMILES string of the molecule is N#Cc1c(F)cccc1N1CCN(c2ccc(O)cc2)CC1. The number of benzene rings is 2. The standard InChI is InChI=1S/C17H16FN3O/c18-16-2-1-3-17(15(16)12-19)21-10-8-20(9-11-21)13-4-6-14(22)7-5-13/h1-7,22H,8-11H2. The Bertz CT molecular complexity index is 701. The van der Waals surface area contributed by atoms with Gasteiger partial charge in [-0.15, -0.1) is 0 Å². The molecule has 0 bridgehead atoms. The number of anilines is 2. The van der Waals surface area contributed by atoms with E-state index in [-0.39, 0.29) is 11.3 Å². The number of nitriles is 1. The molecule has 1 N–H and O–H groups in total. The van der Waals surface area contributed by atoms with Crippen molar-refractivity contribution < 1.29 is 9.50 Å². The molecule has 0 aliphatic carbocycles. The summed E-state index contributed by atoms with van der Waals surface area (Å²) in [6.07, 6.45) is 0. The highest BCUT2D eigenvalue weighted by atomic mass is 19.1. The Morgan fingerprint density at radius 2 is 1.59 bits per heavy atom. The minimum Gasteiger partial charge on any atom is -0.508 e. The van der Waals surface area contributed by atoms with E-state index in [2.05, 4.69) is 4.90 Å². The first kappa shape index (κ1) is 14.2. The van der Waals surface area contributed by atoms with Gasteiger partial charge in [-0.2, -0.15) is 5.26 Å². The minimum atomic E-state index is -0.471. The topological polar surface area (TPSA) is 50.5 Å². The van der Waals surface area contributed by atoms with E-state index in [0.29, 0.717) is 5.69 Å². The van der Waals surface area contributed by atoms with Crippen LogP contribution in [0.3, 0.4) is 0 Å². The van der Waals surface area contributed by atoms with Crippen molar-refractivity contribution in [2.24, 2.45) is 0 Å². The van der Waals surface area contributed by atoms with Gasteiger partial charge in [0.2, 0.25) is 0 Å². The molecule has 0 radical (unpaired) electrons. The first-order chi connectivity index (χ1) is 10.7. The maximum atomic E-state index is 13.7. The van der Waals surface area contributed by atoms with Gasteiger partial charge < -0.3 is 14.9 Å². The lowest BCUT2D eigenvalue weighted by molar-refractivity contribution is 0.475. The molecule has 22 heavy (non-hydrogen) atoms. The van der Waals surface area contributed by atoms with Crippen LogP contribution < -0.4 is 9.80 Å². The molecule has 0 aromatic heterocycles. The molecule has 0 saturated carbocycles. The number of aromatic hydroxyl groups is 1. The van der Waals surface area contributed by atoms with Gasteiger partial charge in [0, 0.05) is 31.9 Å². The third kappa shape index (κ3) is 2.68. The highest BCUT2D eigenvalue weighted by Gasteiger charge is 2.20. The Kier molecular flexibility index (Phi) is 3.84. The Morgan fingerprint density at radius 3 is 2.23 bits per heavy atom. The summed E-state index contributed by atoms with van der Waals surface area (Å²) >= 11 is 0. The predicted molar refractivity (Wildman–Crippen MR) is 83.6 cm³/mol. The van der Waals surface area contributed by atoms with Crippen LogP contribution in [0.15, 0.2) is 42.5 Å². The van der Waals surface area contributed by atoms with Gasteiger partial charge in [0.05, 0.1) is 5.69 Å². The van der Waals surface area contributed by atoms with Crippen LogP contribution in [0, 0.1) is 17.1 Å². The lowest BCUT2D eigenvalue weighted by Gasteiger charge is -2.37. The summed E-state index contributed by atoms with van der Waals surface area (Å²) in [4.78, 5) is 4.25. The molecule has 0 spiro atoms. The quantitative estimate of drug-likeness (QED) is 0.926. The van der Waals surface area contributed by atoms with Gasteiger partial charge in [-0.1, -0.05) is 6.07 Å². The number of piperazine rings is 1. The molecule has 0 atom stereocenters. The van der Waals surface area contributed by atoms with Crippen molar-refractivity contribution >= 4 is 11.4 Å². The summed E-state index contributed by atoms with van der Waals surface area (Å²) in [5.41, 5.74) is 1.82. The normalized spacial score (nSPS) is 14.7. The van der Waals surface area contributed by atoms with E-state index < -0.39 is 5.82 Å². The third-order valence-electron chi connectivity index (χ3n) is 3.94. The summed E-state index contributed by atoms with van der Waals surface area (Å²) in [5, 5.41) is 18.5. The number of rotatable bonds is 2. The average molecular weight is 297 g/mol. The molecule has 4 nitrogen and oxygen atoms in total. The monoisotopic (exact) mass is 297 g/mol. The number of hydrogen-bond acceptors (Lipinski definition) is 4. The van der Waals surface area contributed by atoms with Gasteiger partial charge in [-0.3, -0.25) is 0 Å². The summed E-state index contributed by atoms with van der Waals surface area (Å²) < 4.78 is 13.7. The van der Waals surface area contributed by atoms with Gasteiger partial charge in [-0.25, -0.2) is 4.39 Å². The highest BCUT2D eigenvalue weighted by molar-refractivity contribution is 5.61. The number of nitrogens with zero attached hydrogens (tertiary/aromatic N) is 3. The van der Waals surface area contributed by atoms with E-state index in [9.17, 15) is 9.50 Å². The number of phenolic OH excluding ortho intramolecular Hbond substituents is 1. The molecule has 0 amide bonds. The van der Waals surface area contributed by atoms with Gasteiger partial charge >= 0.3 is 0 Å². The molecule has 1 heterocycles. The van der Waals surface area contributed by atoms with Crippen molar-refractivity contribution in [3.05, 3.63) is 53.8 Å². The van der Waals surface area contributed by atoms with Crippen molar-refractivity contribution in [3.8, 4) is 11.8 Å². The zero-order valence-electron chi connectivity index (χ0n) is 12.0. The highest BCUT2D eigenvalue weighted by Crippen LogP contribution is 2.25. The molecule has 1 aliphatic heterocycles. The van der Waals surface area contributed by atoms with E-state index >= 15 is 0 Å². The summed E-state index contributed by atoms with van der Waals surface area (Å²) in [5.74, 6) is -0.221. The molecule has 0 unspecified atom stereocenters. The molecule has 3 rings (SSSR count). The fourth-order valence-electron chi connectivity index (χ4n) is 2.76. The zero-order chi connectivity index (χ0) is 15.5. The van der Waals surface area contributed by atoms with Gasteiger partial charge in [0.1, 0.15) is 23.2 Å². The van der Waals surface area contributed by atoms with E-state index in [1.807, 2.05) is 23.1 Å². The average Bonchev–Trinajstić information content (AvgIpc) is 2.55. The molecule has 1 aliphatic rings. The van der Waals surface area contributed by atoms with E-state index in [0.717, 1.165) is 31.9 Å². The predicted octanol–water partition coefficient (Wildman–Crippen LogP) is 2.73. The Labute approximate surface area is 128 Å². The molecule has 1 fully saturated rings. The largest absolute Gasteiger partial charge is 0.508 e. The zero-order valence-corrected chi connectivity index (χ0v) is 12.0. The lowest BCUT2D eigenvalue weighted by atomic mass is 10.1. The fourth-order valence-corrected chi connectivity index (χ4v) is 2.76. The van der Waals surface area contributed by atoms with Gasteiger partial charge in [-0.05, 0) is 36.4 Å². The van der Waals surface area contributed by atoms with E-state index in [1.54, 1.807) is 24.3 Å². The molecular formula is C17H16FN3O.